The van der Waals surface area contributed by atoms with E-state index in [1.807, 2.05) is 6.07 Å². The van der Waals surface area contributed by atoms with Crippen LogP contribution >= 0.6 is 11.6 Å². The highest BCUT2D eigenvalue weighted by Crippen LogP contribution is 2.13. The second-order valence-corrected chi connectivity index (χ2v) is 4.18. The molecule has 0 bridgehead atoms. The number of Topliss-reactive ketones (excluding diaryl/α,β-unsaturated/α-hetero) is 1. The van der Waals surface area contributed by atoms with Gasteiger partial charge >= 0.3 is 0 Å². The van der Waals surface area contributed by atoms with E-state index >= 15 is 0 Å². The molecule has 0 aliphatic carbocycles. The average molecular weight is 264 g/mol. The summed E-state index contributed by atoms with van der Waals surface area (Å²) in [6.45, 7) is 1.51. The Hall–Kier alpha value is -1.94. The SMILES string of the molecule is CC(=O)c1cccc(Cc2nc(C(=O)Cl)co2)c1. The number of carbonyl (C=O) groups is 2. The first-order valence-electron chi connectivity index (χ1n) is 5.30. The Bertz CT molecular complexity index is 604. The smallest absolute Gasteiger partial charge is 0.274 e. The third-order valence-corrected chi connectivity index (χ3v) is 2.64. The van der Waals surface area contributed by atoms with Crippen molar-refractivity contribution in [1.82, 2.24) is 4.98 Å². The van der Waals surface area contributed by atoms with E-state index in [0.717, 1.165) is 5.56 Å². The first kappa shape index (κ1) is 12.5. The second-order valence-electron chi connectivity index (χ2n) is 3.83. The Balaban J connectivity index is 2.20. The highest BCUT2D eigenvalue weighted by Gasteiger charge is 2.10. The van der Waals surface area contributed by atoms with Crippen LogP contribution < -0.4 is 0 Å². The summed E-state index contributed by atoms with van der Waals surface area (Å²) in [5.74, 6) is 0.389. The topological polar surface area (TPSA) is 60.2 Å². The Morgan fingerprint density at radius 2 is 2.17 bits per heavy atom. The molecule has 0 aliphatic heterocycles. The number of ketones is 1. The minimum absolute atomic E-state index is 0.000814. The molecule has 2 rings (SSSR count). The molecule has 0 aliphatic rings. The van der Waals surface area contributed by atoms with Crippen molar-refractivity contribution in [3.05, 3.63) is 53.2 Å². The molecule has 92 valence electrons. The van der Waals surface area contributed by atoms with E-state index in [2.05, 4.69) is 4.98 Å². The standard InChI is InChI=1S/C13H10ClNO3/c1-8(16)10-4-2-3-9(5-10)6-12-15-11(7-18-12)13(14)17/h2-5,7H,6H2,1H3. The van der Waals surface area contributed by atoms with Gasteiger partial charge < -0.3 is 4.42 Å². The molecule has 0 saturated carbocycles. The average Bonchev–Trinajstić information content (AvgIpc) is 2.78. The fourth-order valence-corrected chi connectivity index (χ4v) is 1.64. The zero-order valence-electron chi connectivity index (χ0n) is 9.64. The fourth-order valence-electron chi connectivity index (χ4n) is 1.56. The first-order valence-corrected chi connectivity index (χ1v) is 5.68. The number of hydrogen-bond acceptors (Lipinski definition) is 4. The van der Waals surface area contributed by atoms with Crippen LogP contribution in [0.5, 0.6) is 0 Å². The molecule has 0 amide bonds. The van der Waals surface area contributed by atoms with E-state index in [9.17, 15) is 9.59 Å². The van der Waals surface area contributed by atoms with Gasteiger partial charge in [0.25, 0.3) is 5.24 Å². The van der Waals surface area contributed by atoms with Gasteiger partial charge in [0.05, 0.1) is 0 Å². The highest BCUT2D eigenvalue weighted by atomic mass is 35.5. The van der Waals surface area contributed by atoms with Gasteiger partial charge in [0.2, 0.25) is 0 Å². The molecular formula is C13H10ClNO3. The Kier molecular flexibility index (Phi) is 3.58. The lowest BCUT2D eigenvalue weighted by Gasteiger charge is -2.00. The van der Waals surface area contributed by atoms with Crippen LogP contribution in [-0.2, 0) is 6.42 Å². The molecule has 5 heteroatoms. The molecule has 1 aromatic carbocycles. The van der Waals surface area contributed by atoms with Gasteiger partial charge in [-0.15, -0.1) is 0 Å². The molecule has 0 fully saturated rings. The third kappa shape index (κ3) is 2.84. The maximum atomic E-state index is 11.2. The van der Waals surface area contributed by atoms with Crippen LogP contribution in [0.15, 0.2) is 34.9 Å². The van der Waals surface area contributed by atoms with Crippen LogP contribution in [0, 0.1) is 0 Å². The van der Waals surface area contributed by atoms with Gasteiger partial charge in [0.15, 0.2) is 17.4 Å². The molecule has 18 heavy (non-hydrogen) atoms. The van der Waals surface area contributed by atoms with Crippen LogP contribution in [0.4, 0.5) is 0 Å². The predicted octanol–water partition coefficient (Wildman–Crippen LogP) is 2.85. The molecule has 4 nitrogen and oxygen atoms in total. The molecule has 0 atom stereocenters. The summed E-state index contributed by atoms with van der Waals surface area (Å²) in [7, 11) is 0. The lowest BCUT2D eigenvalue weighted by molar-refractivity contribution is 0.101. The van der Waals surface area contributed by atoms with Crippen molar-refractivity contribution in [2.75, 3.05) is 0 Å². The van der Waals surface area contributed by atoms with E-state index < -0.39 is 5.24 Å². The van der Waals surface area contributed by atoms with Crippen LogP contribution in [0.2, 0.25) is 0 Å². The molecule has 0 N–H and O–H groups in total. The third-order valence-electron chi connectivity index (χ3n) is 2.44. The van der Waals surface area contributed by atoms with Gasteiger partial charge in [0, 0.05) is 12.0 Å². The number of nitrogens with zero attached hydrogens (tertiary/aromatic N) is 1. The summed E-state index contributed by atoms with van der Waals surface area (Å²) in [6.07, 6.45) is 1.63. The maximum Gasteiger partial charge on any atom is 0.274 e. The number of hydrogen-bond donors (Lipinski definition) is 0. The first-order chi connectivity index (χ1) is 8.56. The van der Waals surface area contributed by atoms with Crippen molar-refractivity contribution in [2.45, 2.75) is 13.3 Å². The van der Waals surface area contributed by atoms with Gasteiger partial charge in [-0.05, 0) is 30.2 Å². The van der Waals surface area contributed by atoms with Crippen molar-refractivity contribution < 1.29 is 14.0 Å². The van der Waals surface area contributed by atoms with Gasteiger partial charge in [-0.25, -0.2) is 4.98 Å². The Labute approximate surface area is 109 Å². The van der Waals surface area contributed by atoms with Crippen molar-refractivity contribution in [2.24, 2.45) is 0 Å². The molecule has 2 aromatic rings. The number of halogens is 1. The molecule has 0 radical (unpaired) electrons. The summed E-state index contributed by atoms with van der Waals surface area (Å²) in [5.41, 5.74) is 1.61. The molecule has 1 heterocycles. The van der Waals surface area contributed by atoms with E-state index in [4.69, 9.17) is 16.0 Å². The van der Waals surface area contributed by atoms with Crippen LogP contribution in [0.1, 0.15) is 39.2 Å². The van der Waals surface area contributed by atoms with Crippen molar-refractivity contribution >= 4 is 22.6 Å². The molecule has 0 spiro atoms. The number of oxazole rings is 1. The summed E-state index contributed by atoms with van der Waals surface area (Å²) < 4.78 is 5.13. The number of rotatable bonds is 4. The molecule has 0 saturated heterocycles. The normalized spacial score (nSPS) is 10.3. The minimum atomic E-state index is -0.650. The number of aromatic nitrogens is 1. The zero-order chi connectivity index (χ0) is 13.1. The maximum absolute atomic E-state index is 11.2. The monoisotopic (exact) mass is 263 g/mol. The van der Waals surface area contributed by atoms with Gasteiger partial charge in [-0.2, -0.15) is 0 Å². The summed E-state index contributed by atoms with van der Waals surface area (Å²) in [5, 5.41) is -0.650. The number of benzene rings is 1. The minimum Gasteiger partial charge on any atom is -0.448 e. The second kappa shape index (κ2) is 5.14. The van der Waals surface area contributed by atoms with Crippen molar-refractivity contribution in [3.8, 4) is 0 Å². The summed E-state index contributed by atoms with van der Waals surface area (Å²) >= 11 is 5.28. The van der Waals surface area contributed by atoms with Crippen LogP contribution in [0.3, 0.4) is 0 Å². The van der Waals surface area contributed by atoms with Gasteiger partial charge in [-0.1, -0.05) is 18.2 Å². The fraction of sp³-hybridized carbons (Fsp3) is 0.154. The van der Waals surface area contributed by atoms with Crippen LogP contribution in [0.25, 0.3) is 0 Å². The van der Waals surface area contributed by atoms with Crippen LogP contribution in [-0.4, -0.2) is 16.0 Å². The van der Waals surface area contributed by atoms with E-state index in [1.54, 1.807) is 18.2 Å². The zero-order valence-corrected chi connectivity index (χ0v) is 10.4. The molecule has 1 aromatic heterocycles. The van der Waals surface area contributed by atoms with E-state index in [1.165, 1.54) is 13.2 Å². The lowest BCUT2D eigenvalue weighted by atomic mass is 10.1. The lowest BCUT2D eigenvalue weighted by Crippen LogP contribution is -1.96. The Morgan fingerprint density at radius 1 is 1.39 bits per heavy atom. The van der Waals surface area contributed by atoms with Gasteiger partial charge in [0.1, 0.15) is 6.26 Å². The van der Waals surface area contributed by atoms with Crippen molar-refractivity contribution in [1.29, 1.82) is 0 Å². The van der Waals surface area contributed by atoms with Crippen molar-refractivity contribution in [3.63, 3.8) is 0 Å². The van der Waals surface area contributed by atoms with E-state index in [0.29, 0.717) is 17.9 Å². The summed E-state index contributed by atoms with van der Waals surface area (Å²) in [6, 6.07) is 7.17. The quantitative estimate of drug-likeness (QED) is 0.629. The largest absolute Gasteiger partial charge is 0.448 e. The van der Waals surface area contributed by atoms with E-state index in [-0.39, 0.29) is 11.5 Å². The predicted molar refractivity (Wildman–Crippen MR) is 65.9 cm³/mol. The highest BCUT2D eigenvalue weighted by molar-refractivity contribution is 6.67. The van der Waals surface area contributed by atoms with Gasteiger partial charge in [-0.3, -0.25) is 9.59 Å². The summed E-state index contributed by atoms with van der Waals surface area (Å²) in [4.78, 5) is 26.0. The Morgan fingerprint density at radius 3 is 2.78 bits per heavy atom. The number of carbonyl (C=O) groups excluding carboxylic acids is 2. The molecular weight excluding hydrogens is 254 g/mol. The molecule has 0 unspecified atom stereocenters.